The third kappa shape index (κ3) is 4.35. The summed E-state index contributed by atoms with van der Waals surface area (Å²) in [5.74, 6) is -1.63. The number of benzene rings is 1. The molecule has 0 amide bonds. The summed E-state index contributed by atoms with van der Waals surface area (Å²) >= 11 is 0. The first-order valence-corrected chi connectivity index (χ1v) is 8.73. The molecule has 2 saturated heterocycles. The minimum atomic E-state index is -1.10. The van der Waals surface area contributed by atoms with Gasteiger partial charge in [-0.15, -0.1) is 0 Å². The van der Waals surface area contributed by atoms with Crippen molar-refractivity contribution >= 4 is 0 Å². The van der Waals surface area contributed by atoms with Gasteiger partial charge in [0.1, 0.15) is 12.2 Å². The maximum absolute atomic E-state index is 9.77. The van der Waals surface area contributed by atoms with Crippen LogP contribution in [-0.2, 0) is 20.8 Å². The van der Waals surface area contributed by atoms with Crippen LogP contribution in [-0.4, -0.2) is 53.0 Å². The molecule has 0 aliphatic carbocycles. The van der Waals surface area contributed by atoms with Crippen molar-refractivity contribution in [3.05, 3.63) is 35.9 Å². The lowest BCUT2D eigenvalue weighted by molar-refractivity contribution is -0.184. The van der Waals surface area contributed by atoms with Gasteiger partial charge in [0, 0.05) is 19.1 Å². The van der Waals surface area contributed by atoms with Crippen molar-refractivity contribution in [2.45, 2.75) is 70.5 Å². The first-order valence-electron chi connectivity index (χ1n) is 8.73. The van der Waals surface area contributed by atoms with Gasteiger partial charge >= 0.3 is 0 Å². The summed E-state index contributed by atoms with van der Waals surface area (Å²) in [4.78, 5) is 2.41. The number of likely N-dealkylation sites (tertiary alicyclic amines) is 1. The second-order valence-electron chi connectivity index (χ2n) is 7.70. The summed E-state index contributed by atoms with van der Waals surface area (Å²) in [5, 5.41) is 9.77. The normalized spacial score (nSPS) is 29.8. The van der Waals surface area contributed by atoms with Crippen molar-refractivity contribution in [3.8, 4) is 0 Å². The van der Waals surface area contributed by atoms with Gasteiger partial charge in [0.15, 0.2) is 11.6 Å². The zero-order valence-electron chi connectivity index (χ0n) is 15.1. The molecule has 2 aliphatic rings. The standard InChI is InChI=1S/C19H29NO4/c1-18(2,21)22-11-10-15-17-16(23-19(3,4)24-17)13-20(15)12-14-8-6-5-7-9-14/h5-9,15-17,21H,10-13H2,1-4H3/t15-,16+,17-/m1/s1. The van der Waals surface area contributed by atoms with Crippen LogP contribution in [0.1, 0.15) is 39.7 Å². The van der Waals surface area contributed by atoms with Gasteiger partial charge < -0.3 is 19.3 Å². The molecule has 0 radical (unpaired) electrons. The van der Waals surface area contributed by atoms with Crippen LogP contribution in [0, 0.1) is 0 Å². The second kappa shape index (κ2) is 6.73. The van der Waals surface area contributed by atoms with Crippen LogP contribution in [0.4, 0.5) is 0 Å². The van der Waals surface area contributed by atoms with E-state index >= 15 is 0 Å². The van der Waals surface area contributed by atoms with Crippen LogP contribution in [0.5, 0.6) is 0 Å². The van der Waals surface area contributed by atoms with Crippen LogP contribution in [0.25, 0.3) is 0 Å². The van der Waals surface area contributed by atoms with E-state index in [-0.39, 0.29) is 18.2 Å². The molecule has 134 valence electrons. The molecule has 0 saturated carbocycles. The van der Waals surface area contributed by atoms with Crippen molar-refractivity contribution in [2.75, 3.05) is 13.2 Å². The van der Waals surface area contributed by atoms with Gasteiger partial charge in [-0.1, -0.05) is 30.3 Å². The Morgan fingerprint density at radius 2 is 1.96 bits per heavy atom. The molecular weight excluding hydrogens is 306 g/mol. The lowest BCUT2D eigenvalue weighted by Gasteiger charge is -2.30. The number of nitrogens with zero attached hydrogens (tertiary/aromatic N) is 1. The number of hydrogen-bond donors (Lipinski definition) is 1. The molecule has 1 aromatic carbocycles. The Kier molecular flexibility index (Phi) is 5.00. The number of aliphatic hydroxyl groups is 1. The topological polar surface area (TPSA) is 51.2 Å². The highest BCUT2D eigenvalue weighted by molar-refractivity contribution is 5.15. The van der Waals surface area contributed by atoms with E-state index in [4.69, 9.17) is 14.2 Å². The molecule has 1 aromatic rings. The second-order valence-corrected chi connectivity index (χ2v) is 7.70. The predicted octanol–water partition coefficient (Wildman–Crippen LogP) is 2.53. The average molecular weight is 335 g/mol. The van der Waals surface area contributed by atoms with E-state index < -0.39 is 11.6 Å². The summed E-state index contributed by atoms with van der Waals surface area (Å²) in [5.41, 5.74) is 1.28. The lowest BCUT2D eigenvalue weighted by atomic mass is 10.1. The molecule has 3 rings (SSSR count). The molecule has 24 heavy (non-hydrogen) atoms. The lowest BCUT2D eigenvalue weighted by Crippen LogP contribution is -2.39. The van der Waals surface area contributed by atoms with Crippen molar-refractivity contribution in [3.63, 3.8) is 0 Å². The molecule has 2 fully saturated rings. The Bertz CT molecular complexity index is 540. The van der Waals surface area contributed by atoms with Crippen LogP contribution in [0.15, 0.2) is 30.3 Å². The first-order chi connectivity index (χ1) is 11.2. The van der Waals surface area contributed by atoms with E-state index in [0.29, 0.717) is 6.61 Å². The summed E-state index contributed by atoms with van der Waals surface area (Å²) in [6, 6.07) is 10.7. The maximum Gasteiger partial charge on any atom is 0.163 e. The maximum atomic E-state index is 9.77. The highest BCUT2D eigenvalue weighted by atomic mass is 16.8. The highest BCUT2D eigenvalue weighted by Gasteiger charge is 2.52. The van der Waals surface area contributed by atoms with Crippen LogP contribution >= 0.6 is 0 Å². The van der Waals surface area contributed by atoms with Crippen molar-refractivity contribution < 1.29 is 19.3 Å². The highest BCUT2D eigenvalue weighted by Crippen LogP contribution is 2.38. The molecule has 5 nitrogen and oxygen atoms in total. The van der Waals surface area contributed by atoms with E-state index in [1.54, 1.807) is 13.8 Å². The van der Waals surface area contributed by atoms with Gasteiger partial charge in [-0.05, 0) is 39.7 Å². The fourth-order valence-corrected chi connectivity index (χ4v) is 3.68. The van der Waals surface area contributed by atoms with E-state index in [9.17, 15) is 5.11 Å². The summed E-state index contributed by atoms with van der Waals surface area (Å²) < 4.78 is 17.7. The summed E-state index contributed by atoms with van der Waals surface area (Å²) in [6.07, 6.45) is 0.946. The average Bonchev–Trinajstić information content (AvgIpc) is 2.92. The molecule has 3 atom stereocenters. The molecule has 0 spiro atoms. The Hall–Kier alpha value is -0.980. The van der Waals surface area contributed by atoms with E-state index in [1.165, 1.54) is 5.56 Å². The molecule has 1 N–H and O–H groups in total. The molecule has 5 heteroatoms. The minimum Gasteiger partial charge on any atom is -0.366 e. The van der Waals surface area contributed by atoms with Gasteiger partial charge in [0.2, 0.25) is 0 Å². The van der Waals surface area contributed by atoms with Crippen LogP contribution in [0.2, 0.25) is 0 Å². The number of hydrogen-bond acceptors (Lipinski definition) is 5. The Labute approximate surface area is 144 Å². The Balaban J connectivity index is 1.68. The van der Waals surface area contributed by atoms with Crippen LogP contribution in [0.3, 0.4) is 0 Å². The van der Waals surface area contributed by atoms with Gasteiger partial charge in [0.25, 0.3) is 0 Å². The van der Waals surface area contributed by atoms with Crippen molar-refractivity contribution in [1.82, 2.24) is 4.90 Å². The molecular formula is C19H29NO4. The zero-order valence-corrected chi connectivity index (χ0v) is 15.1. The van der Waals surface area contributed by atoms with Crippen molar-refractivity contribution in [2.24, 2.45) is 0 Å². The third-order valence-electron chi connectivity index (χ3n) is 4.58. The van der Waals surface area contributed by atoms with Gasteiger partial charge in [-0.3, -0.25) is 4.90 Å². The van der Waals surface area contributed by atoms with Crippen molar-refractivity contribution in [1.29, 1.82) is 0 Å². The summed E-state index contributed by atoms with van der Waals surface area (Å²) in [6.45, 7) is 9.47. The molecule has 0 aromatic heterocycles. The summed E-state index contributed by atoms with van der Waals surface area (Å²) in [7, 11) is 0. The monoisotopic (exact) mass is 335 g/mol. The number of ether oxygens (including phenoxy) is 3. The smallest absolute Gasteiger partial charge is 0.163 e. The third-order valence-corrected chi connectivity index (χ3v) is 4.58. The number of rotatable bonds is 6. The Morgan fingerprint density at radius 1 is 1.25 bits per heavy atom. The SMILES string of the molecule is CC(C)(O)OCC[C@@H]1[C@H]2OC(C)(C)O[C@H]2CN1Cc1ccccc1. The minimum absolute atomic E-state index is 0.0501. The van der Waals surface area contributed by atoms with Gasteiger partial charge in [-0.25, -0.2) is 0 Å². The fourth-order valence-electron chi connectivity index (χ4n) is 3.68. The molecule has 0 unspecified atom stereocenters. The van der Waals surface area contributed by atoms with Gasteiger partial charge in [-0.2, -0.15) is 0 Å². The Morgan fingerprint density at radius 3 is 2.62 bits per heavy atom. The first kappa shape index (κ1) is 17.8. The zero-order chi connectivity index (χ0) is 17.4. The molecule has 0 bridgehead atoms. The largest absolute Gasteiger partial charge is 0.366 e. The van der Waals surface area contributed by atoms with E-state index in [2.05, 4.69) is 29.2 Å². The predicted molar refractivity (Wildman–Crippen MR) is 91.3 cm³/mol. The quantitative estimate of drug-likeness (QED) is 0.810. The molecule has 2 heterocycles. The van der Waals surface area contributed by atoms with E-state index in [1.807, 2.05) is 19.9 Å². The molecule has 2 aliphatic heterocycles. The van der Waals surface area contributed by atoms with E-state index in [0.717, 1.165) is 19.5 Å². The number of fused-ring (bicyclic) bond motifs is 1. The van der Waals surface area contributed by atoms with Crippen LogP contribution < -0.4 is 0 Å². The van der Waals surface area contributed by atoms with Gasteiger partial charge in [0.05, 0.1) is 6.61 Å². The fraction of sp³-hybridized carbons (Fsp3) is 0.684.